The van der Waals surface area contributed by atoms with Crippen LogP contribution < -0.4 is 10.4 Å². The Kier molecular flexibility index (Phi) is 4.44. The molecular weight excluding hydrogens is 290 g/mol. The number of nitrogens with zero attached hydrogens (tertiary/aromatic N) is 1. The molecule has 1 heterocycles. The summed E-state index contributed by atoms with van der Waals surface area (Å²) in [6, 6.07) is 17.4. The van der Waals surface area contributed by atoms with Gasteiger partial charge in [0.15, 0.2) is 0 Å². The van der Waals surface area contributed by atoms with Gasteiger partial charge in [0.05, 0.1) is 7.11 Å². The van der Waals surface area contributed by atoms with Crippen LogP contribution in [-0.2, 0) is 13.1 Å². The van der Waals surface area contributed by atoms with E-state index in [0.29, 0.717) is 17.9 Å². The third kappa shape index (κ3) is 3.60. The molecule has 0 saturated carbocycles. The van der Waals surface area contributed by atoms with Crippen LogP contribution in [0.5, 0.6) is 5.75 Å². The molecule has 0 saturated heterocycles. The van der Waals surface area contributed by atoms with Gasteiger partial charge in [-0.2, -0.15) is 0 Å². The smallest absolute Gasteiger partial charge is 0.336 e. The molecule has 23 heavy (non-hydrogen) atoms. The van der Waals surface area contributed by atoms with Crippen molar-refractivity contribution in [3.63, 3.8) is 0 Å². The number of methoxy groups -OCH3 is 1. The highest BCUT2D eigenvalue weighted by Gasteiger charge is 2.09. The molecule has 0 radical (unpaired) electrons. The van der Waals surface area contributed by atoms with Crippen LogP contribution in [0.1, 0.15) is 11.1 Å². The summed E-state index contributed by atoms with van der Waals surface area (Å²) in [5.74, 6) is 0.676. The molecule has 3 rings (SSSR count). The molecule has 0 spiro atoms. The fraction of sp³-hybridized carbons (Fsp3) is 0.211. The van der Waals surface area contributed by atoms with Gasteiger partial charge in [0.25, 0.3) is 0 Å². The molecule has 0 fully saturated rings. The summed E-state index contributed by atoms with van der Waals surface area (Å²) in [7, 11) is 3.63. The van der Waals surface area contributed by atoms with E-state index in [-0.39, 0.29) is 5.63 Å². The normalized spacial score (nSPS) is 11.1. The fourth-order valence-corrected chi connectivity index (χ4v) is 2.71. The maximum absolute atomic E-state index is 11.8. The third-order valence-electron chi connectivity index (χ3n) is 3.77. The molecule has 3 aromatic rings. The van der Waals surface area contributed by atoms with E-state index in [1.165, 1.54) is 5.56 Å². The van der Waals surface area contributed by atoms with Gasteiger partial charge >= 0.3 is 5.63 Å². The van der Waals surface area contributed by atoms with Crippen molar-refractivity contribution in [3.05, 3.63) is 76.1 Å². The van der Waals surface area contributed by atoms with Gasteiger partial charge in [0.2, 0.25) is 0 Å². The lowest BCUT2D eigenvalue weighted by Gasteiger charge is -2.17. The highest BCUT2D eigenvalue weighted by atomic mass is 16.5. The summed E-state index contributed by atoms with van der Waals surface area (Å²) in [5.41, 5.74) is 2.41. The topological polar surface area (TPSA) is 42.7 Å². The molecule has 0 amide bonds. The van der Waals surface area contributed by atoms with Crippen LogP contribution in [0.4, 0.5) is 0 Å². The van der Waals surface area contributed by atoms with Gasteiger partial charge in [-0.1, -0.05) is 30.3 Å². The monoisotopic (exact) mass is 309 g/mol. The zero-order valence-corrected chi connectivity index (χ0v) is 13.3. The third-order valence-corrected chi connectivity index (χ3v) is 3.77. The van der Waals surface area contributed by atoms with E-state index in [9.17, 15) is 4.79 Å². The predicted octanol–water partition coefficient (Wildman–Crippen LogP) is 3.43. The number of ether oxygens (including phenoxy) is 1. The van der Waals surface area contributed by atoms with Crippen LogP contribution in [0.25, 0.3) is 11.0 Å². The Labute approximate surface area is 134 Å². The summed E-state index contributed by atoms with van der Waals surface area (Å²) in [4.78, 5) is 14.0. The van der Waals surface area contributed by atoms with Crippen molar-refractivity contribution in [2.24, 2.45) is 0 Å². The van der Waals surface area contributed by atoms with Gasteiger partial charge in [0.1, 0.15) is 11.3 Å². The van der Waals surface area contributed by atoms with Gasteiger partial charge in [-0.15, -0.1) is 0 Å². The summed E-state index contributed by atoms with van der Waals surface area (Å²) in [5, 5.41) is 0.935. The van der Waals surface area contributed by atoms with Crippen LogP contribution in [0.15, 0.2) is 63.8 Å². The molecule has 4 heteroatoms. The number of fused-ring (bicyclic) bond motifs is 1. The Hall–Kier alpha value is -2.59. The highest BCUT2D eigenvalue weighted by Crippen LogP contribution is 2.23. The molecular formula is C19H19NO3. The Morgan fingerprint density at radius 2 is 1.83 bits per heavy atom. The molecule has 0 aliphatic carbocycles. The average molecular weight is 309 g/mol. The second kappa shape index (κ2) is 6.67. The first-order valence-electron chi connectivity index (χ1n) is 7.49. The fourth-order valence-electron chi connectivity index (χ4n) is 2.71. The van der Waals surface area contributed by atoms with Crippen LogP contribution >= 0.6 is 0 Å². The second-order valence-electron chi connectivity index (χ2n) is 5.61. The summed E-state index contributed by atoms with van der Waals surface area (Å²) in [6.45, 7) is 1.49. The molecule has 118 valence electrons. The lowest BCUT2D eigenvalue weighted by atomic mass is 10.1. The maximum Gasteiger partial charge on any atom is 0.336 e. The summed E-state index contributed by atoms with van der Waals surface area (Å²) < 4.78 is 10.5. The first-order valence-corrected chi connectivity index (χ1v) is 7.49. The highest BCUT2D eigenvalue weighted by molar-refractivity contribution is 5.81. The molecule has 0 unspecified atom stereocenters. The molecule has 0 aliphatic rings. The van der Waals surface area contributed by atoms with Crippen molar-refractivity contribution in [1.29, 1.82) is 0 Å². The summed E-state index contributed by atoms with van der Waals surface area (Å²) in [6.07, 6.45) is 0. The van der Waals surface area contributed by atoms with Crippen molar-refractivity contribution in [1.82, 2.24) is 4.90 Å². The molecule has 2 aromatic carbocycles. The minimum atomic E-state index is -0.339. The molecule has 4 nitrogen and oxygen atoms in total. The van der Waals surface area contributed by atoms with E-state index >= 15 is 0 Å². The average Bonchev–Trinajstić information content (AvgIpc) is 2.54. The number of rotatable bonds is 5. The van der Waals surface area contributed by atoms with Crippen LogP contribution in [0, 0.1) is 0 Å². The first kappa shape index (κ1) is 15.3. The van der Waals surface area contributed by atoms with Crippen LogP contribution in [0.3, 0.4) is 0 Å². The number of hydrogen-bond donors (Lipinski definition) is 0. The largest absolute Gasteiger partial charge is 0.497 e. The van der Waals surface area contributed by atoms with Gasteiger partial charge in [0, 0.05) is 30.6 Å². The summed E-state index contributed by atoms with van der Waals surface area (Å²) >= 11 is 0. The quantitative estimate of drug-likeness (QED) is 0.677. The van der Waals surface area contributed by atoms with Crippen molar-refractivity contribution < 1.29 is 9.15 Å². The van der Waals surface area contributed by atoms with Crippen LogP contribution in [0.2, 0.25) is 0 Å². The van der Waals surface area contributed by atoms with E-state index in [4.69, 9.17) is 9.15 Å². The lowest BCUT2D eigenvalue weighted by Crippen LogP contribution is -2.18. The molecule has 0 N–H and O–H groups in total. The zero-order valence-electron chi connectivity index (χ0n) is 13.3. The number of hydrogen-bond acceptors (Lipinski definition) is 4. The molecule has 0 bridgehead atoms. The van der Waals surface area contributed by atoms with Crippen molar-refractivity contribution >= 4 is 11.0 Å². The van der Waals surface area contributed by atoms with Crippen molar-refractivity contribution in [2.45, 2.75) is 13.1 Å². The van der Waals surface area contributed by atoms with E-state index < -0.39 is 0 Å². The van der Waals surface area contributed by atoms with Gasteiger partial charge in [-0.05, 0) is 30.3 Å². The van der Waals surface area contributed by atoms with Crippen molar-refractivity contribution in [2.75, 3.05) is 14.2 Å². The molecule has 0 atom stereocenters. The van der Waals surface area contributed by atoms with Gasteiger partial charge in [-0.3, -0.25) is 4.90 Å². The SMILES string of the molecule is COc1ccc2c(CN(C)Cc3ccccc3)cc(=O)oc2c1. The first-order chi connectivity index (χ1) is 11.2. The lowest BCUT2D eigenvalue weighted by molar-refractivity contribution is 0.319. The van der Waals surface area contributed by atoms with E-state index in [1.54, 1.807) is 19.2 Å². The molecule has 1 aromatic heterocycles. The van der Waals surface area contributed by atoms with Crippen molar-refractivity contribution in [3.8, 4) is 5.75 Å². The number of benzene rings is 2. The molecule has 0 aliphatic heterocycles. The van der Waals surface area contributed by atoms with E-state index in [2.05, 4.69) is 17.0 Å². The minimum absolute atomic E-state index is 0.339. The second-order valence-corrected chi connectivity index (χ2v) is 5.61. The minimum Gasteiger partial charge on any atom is -0.497 e. The Morgan fingerprint density at radius 1 is 1.04 bits per heavy atom. The van der Waals surface area contributed by atoms with Gasteiger partial charge < -0.3 is 9.15 Å². The predicted molar refractivity (Wildman–Crippen MR) is 90.6 cm³/mol. The van der Waals surface area contributed by atoms with E-state index in [1.807, 2.05) is 37.4 Å². The Morgan fingerprint density at radius 3 is 2.57 bits per heavy atom. The van der Waals surface area contributed by atoms with E-state index in [0.717, 1.165) is 17.5 Å². The zero-order chi connectivity index (χ0) is 16.2. The van der Waals surface area contributed by atoms with Gasteiger partial charge in [-0.25, -0.2) is 4.79 Å². The maximum atomic E-state index is 11.8. The van der Waals surface area contributed by atoms with Crippen LogP contribution in [-0.4, -0.2) is 19.1 Å². The Balaban J connectivity index is 1.88. The Bertz CT molecular complexity index is 855. The standard InChI is InChI=1S/C19H19NO3/c1-20(12-14-6-4-3-5-7-14)13-15-10-19(21)23-18-11-16(22-2)8-9-17(15)18/h3-11H,12-13H2,1-2H3.